The normalized spacial score (nSPS) is 11.1. The van der Waals surface area contributed by atoms with Crippen molar-refractivity contribution in [1.82, 2.24) is 14.5 Å². The van der Waals surface area contributed by atoms with Crippen LogP contribution < -0.4 is 0 Å². The number of nitrogens with one attached hydrogen (secondary N) is 1. The molecule has 3 rings (SSSR count). The lowest BCUT2D eigenvalue weighted by atomic mass is 10.2. The van der Waals surface area contributed by atoms with Crippen LogP contribution in [-0.4, -0.2) is 20.8 Å². The van der Waals surface area contributed by atoms with Crippen LogP contribution in [0.3, 0.4) is 0 Å². The van der Waals surface area contributed by atoms with Gasteiger partial charge in [0, 0.05) is 11.1 Å². The first-order chi connectivity index (χ1) is 9.22. The van der Waals surface area contributed by atoms with Gasteiger partial charge >= 0.3 is 0 Å². The molecule has 3 aromatic rings. The Hall–Kier alpha value is -1.59. The number of para-hydroxylation sites is 1. The van der Waals surface area contributed by atoms with E-state index in [1.165, 1.54) is 4.90 Å². The number of H-pyrrole nitrogens is 1. The molecule has 0 saturated carbocycles. The van der Waals surface area contributed by atoms with Crippen LogP contribution in [0.15, 0.2) is 41.4 Å². The van der Waals surface area contributed by atoms with E-state index < -0.39 is 0 Å². The monoisotopic (exact) mass is 287 g/mol. The Morgan fingerprint density at radius 1 is 1.26 bits per heavy atom. The van der Waals surface area contributed by atoms with E-state index in [-0.39, 0.29) is 0 Å². The van der Waals surface area contributed by atoms with Crippen LogP contribution in [-0.2, 0) is 0 Å². The number of benzene rings is 1. The van der Waals surface area contributed by atoms with E-state index in [1.807, 2.05) is 29.0 Å². The molecule has 0 aliphatic carbocycles. The molecule has 96 valence electrons. The summed E-state index contributed by atoms with van der Waals surface area (Å²) in [6.07, 6.45) is 3.88. The predicted octanol–water partition coefficient (Wildman–Crippen LogP) is 4.11. The molecule has 0 bridgehead atoms. The van der Waals surface area contributed by atoms with E-state index >= 15 is 0 Å². The molecule has 2 heterocycles. The molecule has 0 aliphatic rings. The number of aromatic nitrogens is 3. The number of hydrogen-bond donors (Lipinski definition) is 1. The minimum atomic E-state index is 0.679. The van der Waals surface area contributed by atoms with E-state index in [4.69, 9.17) is 12.2 Å². The molecule has 0 saturated heterocycles. The first-order valence-corrected chi connectivity index (χ1v) is 7.55. The van der Waals surface area contributed by atoms with Gasteiger partial charge in [0.15, 0.2) is 10.4 Å². The smallest absolute Gasteiger partial charge is 0.184 e. The quantitative estimate of drug-likeness (QED) is 0.569. The van der Waals surface area contributed by atoms with Gasteiger partial charge in [0.2, 0.25) is 0 Å². The molecule has 1 N–H and O–H groups in total. The molecule has 3 nitrogen and oxygen atoms in total. The number of thioether (sulfide) groups is 1. The fraction of sp³-hybridized carbons (Fsp3) is 0.143. The number of pyridine rings is 1. The van der Waals surface area contributed by atoms with Gasteiger partial charge in [-0.2, -0.15) is 0 Å². The van der Waals surface area contributed by atoms with E-state index in [9.17, 15) is 0 Å². The Balaban J connectivity index is 2.40. The third-order valence-corrected chi connectivity index (χ3v) is 4.18. The van der Waals surface area contributed by atoms with Gasteiger partial charge in [0.05, 0.1) is 11.2 Å². The lowest BCUT2D eigenvalue weighted by molar-refractivity contribution is 1.01. The van der Waals surface area contributed by atoms with Crippen LogP contribution in [0.2, 0.25) is 0 Å². The Morgan fingerprint density at radius 3 is 2.84 bits per heavy atom. The molecule has 0 radical (unpaired) electrons. The second-order valence-electron chi connectivity index (χ2n) is 4.26. The standard InChI is InChI=1S/C14H13N3S2/c1-9-7-8-15-13-12(9)16-14(18)17(13)10-5-3-4-6-11(10)19-2/h3-8H,1-2H3,(H,16,18). The highest BCUT2D eigenvalue weighted by Crippen LogP contribution is 2.27. The zero-order chi connectivity index (χ0) is 13.4. The number of aryl methyl sites for hydroxylation is 1. The van der Waals surface area contributed by atoms with Crippen molar-refractivity contribution in [2.24, 2.45) is 0 Å². The zero-order valence-electron chi connectivity index (χ0n) is 10.7. The highest BCUT2D eigenvalue weighted by molar-refractivity contribution is 7.98. The fourth-order valence-electron chi connectivity index (χ4n) is 2.16. The van der Waals surface area contributed by atoms with E-state index in [1.54, 1.807) is 11.8 Å². The molecule has 0 fully saturated rings. The third-order valence-electron chi connectivity index (χ3n) is 3.11. The molecule has 5 heteroatoms. The average molecular weight is 287 g/mol. The van der Waals surface area contributed by atoms with Gasteiger partial charge in [-0.05, 0) is 49.2 Å². The van der Waals surface area contributed by atoms with E-state index in [0.29, 0.717) is 4.77 Å². The Labute approximate surface area is 120 Å². The van der Waals surface area contributed by atoms with Crippen molar-refractivity contribution in [1.29, 1.82) is 0 Å². The van der Waals surface area contributed by atoms with Gasteiger partial charge in [0.25, 0.3) is 0 Å². The maximum absolute atomic E-state index is 5.46. The molecule has 1 aromatic carbocycles. The molecule has 0 atom stereocenters. The summed E-state index contributed by atoms with van der Waals surface area (Å²) in [7, 11) is 0. The second kappa shape index (κ2) is 4.83. The molecule has 0 unspecified atom stereocenters. The van der Waals surface area contributed by atoms with Gasteiger partial charge in [-0.25, -0.2) is 4.98 Å². The van der Waals surface area contributed by atoms with Gasteiger partial charge in [-0.15, -0.1) is 11.8 Å². The van der Waals surface area contributed by atoms with Gasteiger partial charge in [0.1, 0.15) is 0 Å². The SMILES string of the molecule is CSc1ccccc1-n1c(=S)[nH]c2c(C)ccnc21. The number of hydrogen-bond acceptors (Lipinski definition) is 3. The van der Waals surface area contributed by atoms with E-state index in [2.05, 4.69) is 35.3 Å². The molecule has 19 heavy (non-hydrogen) atoms. The van der Waals surface area contributed by atoms with Crippen molar-refractivity contribution in [3.8, 4) is 5.69 Å². The summed E-state index contributed by atoms with van der Waals surface area (Å²) in [6, 6.07) is 10.2. The minimum absolute atomic E-state index is 0.679. The Morgan fingerprint density at radius 2 is 2.05 bits per heavy atom. The van der Waals surface area contributed by atoms with Crippen molar-refractivity contribution in [3.63, 3.8) is 0 Å². The Bertz CT molecular complexity index is 802. The summed E-state index contributed by atoms with van der Waals surface area (Å²) in [5.41, 5.74) is 4.11. The summed E-state index contributed by atoms with van der Waals surface area (Å²) in [4.78, 5) is 8.90. The van der Waals surface area contributed by atoms with Crippen LogP contribution in [0.5, 0.6) is 0 Å². The number of rotatable bonds is 2. The fourth-order valence-corrected chi connectivity index (χ4v) is 3.03. The van der Waals surface area contributed by atoms with Gasteiger partial charge in [-0.1, -0.05) is 12.1 Å². The third kappa shape index (κ3) is 1.99. The van der Waals surface area contributed by atoms with Crippen LogP contribution in [0.1, 0.15) is 5.56 Å². The lowest BCUT2D eigenvalue weighted by Gasteiger charge is -2.08. The number of nitrogens with zero attached hydrogens (tertiary/aromatic N) is 2. The van der Waals surface area contributed by atoms with Gasteiger partial charge < -0.3 is 4.98 Å². The summed E-state index contributed by atoms with van der Waals surface area (Å²) in [5.74, 6) is 0. The molecular formula is C14H13N3S2. The molecular weight excluding hydrogens is 274 g/mol. The number of fused-ring (bicyclic) bond motifs is 1. The van der Waals surface area contributed by atoms with Crippen molar-refractivity contribution < 1.29 is 0 Å². The van der Waals surface area contributed by atoms with Crippen LogP contribution in [0.4, 0.5) is 0 Å². The van der Waals surface area contributed by atoms with Crippen LogP contribution >= 0.6 is 24.0 Å². The zero-order valence-corrected chi connectivity index (χ0v) is 12.3. The first kappa shape index (κ1) is 12.4. The van der Waals surface area contributed by atoms with E-state index in [0.717, 1.165) is 22.4 Å². The summed E-state index contributed by atoms with van der Waals surface area (Å²) in [6.45, 7) is 2.06. The summed E-state index contributed by atoms with van der Waals surface area (Å²) >= 11 is 7.17. The van der Waals surface area contributed by atoms with Crippen molar-refractivity contribution in [2.45, 2.75) is 11.8 Å². The average Bonchev–Trinajstić information content (AvgIpc) is 2.76. The summed E-state index contributed by atoms with van der Waals surface area (Å²) in [5, 5.41) is 0. The van der Waals surface area contributed by atoms with Crippen molar-refractivity contribution >= 4 is 35.1 Å². The maximum Gasteiger partial charge on any atom is 0.184 e. The number of imidazole rings is 1. The minimum Gasteiger partial charge on any atom is -0.329 e. The first-order valence-electron chi connectivity index (χ1n) is 5.92. The maximum atomic E-state index is 5.46. The topological polar surface area (TPSA) is 33.6 Å². The molecule has 0 aliphatic heterocycles. The molecule has 2 aromatic heterocycles. The van der Waals surface area contributed by atoms with Gasteiger partial charge in [-0.3, -0.25) is 4.57 Å². The molecule has 0 amide bonds. The van der Waals surface area contributed by atoms with Crippen molar-refractivity contribution in [2.75, 3.05) is 6.26 Å². The van der Waals surface area contributed by atoms with Crippen molar-refractivity contribution in [3.05, 3.63) is 46.9 Å². The summed E-state index contributed by atoms with van der Waals surface area (Å²) < 4.78 is 2.68. The molecule has 0 spiro atoms. The van der Waals surface area contributed by atoms with Crippen LogP contribution in [0.25, 0.3) is 16.9 Å². The Kier molecular flexibility index (Phi) is 3.16. The number of aromatic amines is 1. The highest BCUT2D eigenvalue weighted by Gasteiger charge is 2.11. The highest BCUT2D eigenvalue weighted by atomic mass is 32.2. The largest absolute Gasteiger partial charge is 0.329 e. The lowest BCUT2D eigenvalue weighted by Crippen LogP contribution is -1.97. The second-order valence-corrected chi connectivity index (χ2v) is 5.50. The van der Waals surface area contributed by atoms with Crippen LogP contribution in [0, 0.1) is 11.7 Å². The predicted molar refractivity (Wildman–Crippen MR) is 82.8 cm³/mol.